The molecule has 0 radical (unpaired) electrons. The molecular weight excluding hydrogens is 1330 g/mol. The molecule has 0 spiro atoms. The molecule has 24 nitrogen and oxygen atoms in total. The van der Waals surface area contributed by atoms with Gasteiger partial charge in [-0.15, -0.1) is 0 Å². The second kappa shape index (κ2) is 57.4. The van der Waals surface area contributed by atoms with Crippen molar-refractivity contribution in [2.24, 2.45) is 0 Å². The van der Waals surface area contributed by atoms with E-state index in [0.717, 1.165) is 96.0 Å². The molecule has 2 heterocycles. The van der Waals surface area contributed by atoms with Gasteiger partial charge in [0.2, 0.25) is 0 Å². The molecule has 0 aromatic rings. The SMILES string of the molecule is CCCCCCCCC/C=C\CCCCCC(=O)OCC(COP(=O)(O)OC1C(OC2OC(CO)C(O)C(O)C2O)C(O)C(O)C(O)C1OC1OC(COC(=O)CCCCCCCCCCCCCCCCCCC)C(O)C(O)C1O)OC(=O)/C=C/C=C/CCCCCCCCCCCCC. The zero-order valence-electron chi connectivity index (χ0n) is 61.7. The summed E-state index contributed by atoms with van der Waals surface area (Å²) in [6, 6.07) is 0. The summed E-state index contributed by atoms with van der Waals surface area (Å²) >= 11 is 0. The fourth-order valence-electron chi connectivity index (χ4n) is 12.8. The summed E-state index contributed by atoms with van der Waals surface area (Å²) in [5.74, 6) is -2.26. The maximum atomic E-state index is 14.3. The van der Waals surface area contributed by atoms with Crippen LogP contribution in [-0.2, 0) is 61.2 Å². The Morgan fingerprint density at radius 1 is 0.406 bits per heavy atom. The van der Waals surface area contributed by atoms with E-state index in [-0.39, 0.29) is 12.8 Å². The molecule has 2 aliphatic heterocycles. The molecule has 18 unspecified atom stereocenters. The molecule has 1 saturated carbocycles. The van der Waals surface area contributed by atoms with Gasteiger partial charge in [0.15, 0.2) is 18.7 Å². The summed E-state index contributed by atoms with van der Waals surface area (Å²) in [6.45, 7) is 3.34. The van der Waals surface area contributed by atoms with Crippen molar-refractivity contribution in [3.05, 3.63) is 36.5 Å². The molecule has 3 rings (SSSR count). The van der Waals surface area contributed by atoms with Crippen LogP contribution in [-0.4, -0.2) is 204 Å². The molecule has 18 atom stereocenters. The number of carbonyl (C=O) groups excluding carboxylic acids is 3. The molecule has 11 N–H and O–H groups in total. The lowest BCUT2D eigenvalue weighted by Gasteiger charge is -2.49. The summed E-state index contributed by atoms with van der Waals surface area (Å²) in [7, 11) is -5.73. The van der Waals surface area contributed by atoms with E-state index in [1.807, 2.05) is 6.08 Å². The summed E-state index contributed by atoms with van der Waals surface area (Å²) in [6.07, 6.45) is 21.2. The predicted octanol–water partition coefficient (Wildman–Crippen LogP) is 11.5. The van der Waals surface area contributed by atoms with Gasteiger partial charge in [-0.2, -0.15) is 0 Å². The van der Waals surface area contributed by atoms with Crippen LogP contribution in [0.3, 0.4) is 0 Å². The number of hydrogen-bond acceptors (Lipinski definition) is 23. The third-order valence-electron chi connectivity index (χ3n) is 19.3. The first-order valence-electron chi connectivity index (χ1n) is 39.3. The fourth-order valence-corrected chi connectivity index (χ4v) is 13.8. The van der Waals surface area contributed by atoms with Gasteiger partial charge >= 0.3 is 25.7 Å². The van der Waals surface area contributed by atoms with Crippen molar-refractivity contribution in [3.8, 4) is 0 Å². The second-order valence-corrected chi connectivity index (χ2v) is 29.5. The maximum absolute atomic E-state index is 14.3. The zero-order chi connectivity index (χ0) is 73.9. The Balaban J connectivity index is 1.73. The van der Waals surface area contributed by atoms with Crippen LogP contribution >= 0.6 is 7.82 Å². The average Bonchev–Trinajstić information content (AvgIpc) is 0.761. The first-order valence-corrected chi connectivity index (χ1v) is 40.8. The molecule has 590 valence electrons. The van der Waals surface area contributed by atoms with Crippen LogP contribution < -0.4 is 0 Å². The first-order chi connectivity index (χ1) is 48.8. The van der Waals surface area contributed by atoms with Crippen molar-refractivity contribution >= 4 is 25.7 Å². The minimum absolute atomic E-state index is 0.00498. The third kappa shape index (κ3) is 40.1. The number of esters is 3. The molecule has 3 aliphatic rings. The fraction of sp³-hybridized carbons (Fsp3) is 0.882. The molecule has 2 saturated heterocycles. The maximum Gasteiger partial charge on any atom is 0.472 e. The van der Waals surface area contributed by atoms with Gasteiger partial charge in [-0.1, -0.05) is 263 Å². The number of aliphatic hydroxyl groups is 10. The molecule has 0 bridgehead atoms. The molecule has 3 fully saturated rings. The van der Waals surface area contributed by atoms with Gasteiger partial charge in [0, 0.05) is 18.9 Å². The molecular formula is C76H137O24P. The standard InChI is InChI=1S/C76H137O24P/c1-4-7-10-13-16-19-22-25-28-29-31-33-36-39-42-45-48-51-61(79)93-56-59-64(82)66(84)71(89)76(97-59)99-73-69(87)67(85)68(86)72(98-75-70(88)65(83)63(81)58(53-77)96-75)74(73)100-101(90,91)94-55-57(54-92-60(78)50-47-44-41-38-35-32-27-24-21-18-15-12-9-6-3)95-62(80)52-49-46-43-40-37-34-30-26-23-20-17-14-11-8-5-2/h32,35,43,46,49,52,57-59,63-77,81-89H,4-31,33-34,36-42,44-45,47-48,50-51,53-56H2,1-3H3,(H,90,91)/b35-32-,46-43+,52-49+. The largest absolute Gasteiger partial charge is 0.472 e. The highest BCUT2D eigenvalue weighted by Gasteiger charge is 2.58. The van der Waals surface area contributed by atoms with Crippen LogP contribution in [0.15, 0.2) is 36.5 Å². The summed E-state index contributed by atoms with van der Waals surface area (Å²) < 4.78 is 64.8. The molecule has 1 aliphatic carbocycles. The van der Waals surface area contributed by atoms with E-state index in [4.69, 9.17) is 42.2 Å². The summed E-state index contributed by atoms with van der Waals surface area (Å²) in [5.41, 5.74) is 0. The number of unbranched alkanes of at least 4 members (excludes halogenated alkanes) is 37. The van der Waals surface area contributed by atoms with Gasteiger partial charge in [0.1, 0.15) is 98.7 Å². The van der Waals surface area contributed by atoms with Crippen molar-refractivity contribution in [2.45, 2.75) is 401 Å². The van der Waals surface area contributed by atoms with E-state index in [9.17, 15) is 74.9 Å². The number of rotatable bonds is 61. The molecule has 0 aromatic heterocycles. The molecule has 101 heavy (non-hydrogen) atoms. The predicted molar refractivity (Wildman–Crippen MR) is 384 cm³/mol. The minimum atomic E-state index is -5.73. The van der Waals surface area contributed by atoms with Crippen molar-refractivity contribution < 1.29 is 117 Å². The van der Waals surface area contributed by atoms with Gasteiger partial charge in [-0.3, -0.25) is 18.6 Å². The van der Waals surface area contributed by atoms with E-state index in [0.29, 0.717) is 12.8 Å². The Morgan fingerprint density at radius 2 is 0.762 bits per heavy atom. The third-order valence-corrected chi connectivity index (χ3v) is 20.2. The number of phosphoric acid groups is 1. The molecule has 0 aromatic carbocycles. The zero-order valence-corrected chi connectivity index (χ0v) is 62.6. The summed E-state index contributed by atoms with van der Waals surface area (Å²) in [4.78, 5) is 50.9. The van der Waals surface area contributed by atoms with Crippen molar-refractivity contribution in [3.63, 3.8) is 0 Å². The minimum Gasteiger partial charge on any atom is -0.463 e. The lowest BCUT2D eigenvalue weighted by Crippen LogP contribution is -2.69. The normalized spacial score (nSPS) is 27.3. The Morgan fingerprint density at radius 3 is 1.19 bits per heavy atom. The van der Waals surface area contributed by atoms with Gasteiger partial charge < -0.3 is 89.1 Å². The topological polar surface area (TPSA) is 374 Å². The van der Waals surface area contributed by atoms with Gasteiger partial charge in [-0.25, -0.2) is 9.36 Å². The number of phosphoric ester groups is 1. The van der Waals surface area contributed by atoms with Crippen LogP contribution in [0, 0.1) is 0 Å². The van der Waals surface area contributed by atoms with Crippen molar-refractivity contribution in [1.82, 2.24) is 0 Å². The van der Waals surface area contributed by atoms with Crippen molar-refractivity contribution in [1.29, 1.82) is 0 Å². The van der Waals surface area contributed by atoms with Crippen LogP contribution in [0.1, 0.15) is 297 Å². The summed E-state index contributed by atoms with van der Waals surface area (Å²) in [5, 5.41) is 110. The van der Waals surface area contributed by atoms with Crippen molar-refractivity contribution in [2.75, 3.05) is 26.4 Å². The highest BCUT2D eigenvalue weighted by molar-refractivity contribution is 7.47. The van der Waals surface area contributed by atoms with Gasteiger partial charge in [-0.05, 0) is 51.4 Å². The Hall–Kier alpha value is -2.82. The van der Waals surface area contributed by atoms with Crippen LogP contribution in [0.25, 0.3) is 0 Å². The van der Waals surface area contributed by atoms with Crippen LogP contribution in [0.5, 0.6) is 0 Å². The lowest BCUT2D eigenvalue weighted by molar-refractivity contribution is -0.360. The highest BCUT2D eigenvalue weighted by Crippen LogP contribution is 2.49. The van der Waals surface area contributed by atoms with Gasteiger partial charge in [0.05, 0.1) is 13.2 Å². The Labute approximate surface area is 604 Å². The van der Waals surface area contributed by atoms with Crippen LogP contribution in [0.4, 0.5) is 0 Å². The van der Waals surface area contributed by atoms with E-state index in [2.05, 4.69) is 32.9 Å². The van der Waals surface area contributed by atoms with E-state index < -0.39 is 156 Å². The lowest BCUT2D eigenvalue weighted by atomic mass is 9.84. The number of carbonyl (C=O) groups is 3. The highest BCUT2D eigenvalue weighted by atomic mass is 31.2. The van der Waals surface area contributed by atoms with Gasteiger partial charge in [0.25, 0.3) is 0 Å². The van der Waals surface area contributed by atoms with Crippen LogP contribution in [0.2, 0.25) is 0 Å². The number of aliphatic hydroxyl groups excluding tert-OH is 10. The Bertz CT molecular complexity index is 2220. The van der Waals surface area contributed by atoms with E-state index >= 15 is 0 Å². The monoisotopic (exact) mass is 1460 g/mol. The number of allylic oxidation sites excluding steroid dienone is 5. The number of hydrogen-bond donors (Lipinski definition) is 11. The molecule has 25 heteroatoms. The number of ether oxygens (including phenoxy) is 7. The van der Waals surface area contributed by atoms with E-state index in [1.165, 1.54) is 167 Å². The first kappa shape index (κ1) is 92.4. The second-order valence-electron chi connectivity index (χ2n) is 28.1. The van der Waals surface area contributed by atoms with E-state index in [1.54, 1.807) is 6.08 Å². The average molecular weight is 1470 g/mol. The quantitative estimate of drug-likeness (QED) is 0.00512. The molecule has 0 amide bonds. The Kier molecular flexibility index (Phi) is 52.5. The smallest absolute Gasteiger partial charge is 0.463 e.